The van der Waals surface area contributed by atoms with Crippen LogP contribution >= 0.6 is 0 Å². The molecule has 1 aliphatic rings. The quantitative estimate of drug-likeness (QED) is 0.349. The molecule has 0 aromatic heterocycles. The summed E-state index contributed by atoms with van der Waals surface area (Å²) in [7, 11) is 1.52. The molecule has 32 heavy (non-hydrogen) atoms. The van der Waals surface area contributed by atoms with Gasteiger partial charge in [0.25, 0.3) is 11.7 Å². The molecule has 6 heteroatoms. The SMILES string of the molecule is CCOc1cccc(C2/C(=C(/O)c3cccc(OC)c3)C(=O)C(=O)N2c2ccccc2)c1. The van der Waals surface area contributed by atoms with E-state index in [1.807, 2.05) is 25.1 Å². The average molecular weight is 429 g/mol. The molecule has 0 radical (unpaired) electrons. The monoisotopic (exact) mass is 429 g/mol. The minimum absolute atomic E-state index is 0.0146. The summed E-state index contributed by atoms with van der Waals surface area (Å²) in [5.74, 6) is -0.563. The van der Waals surface area contributed by atoms with Crippen LogP contribution in [0.25, 0.3) is 5.76 Å². The van der Waals surface area contributed by atoms with E-state index in [1.165, 1.54) is 12.0 Å². The van der Waals surface area contributed by atoms with Crippen molar-refractivity contribution >= 4 is 23.1 Å². The first-order chi connectivity index (χ1) is 15.5. The highest BCUT2D eigenvalue weighted by Crippen LogP contribution is 2.42. The highest BCUT2D eigenvalue weighted by atomic mass is 16.5. The van der Waals surface area contributed by atoms with Crippen molar-refractivity contribution in [1.82, 2.24) is 0 Å². The van der Waals surface area contributed by atoms with Crippen molar-refractivity contribution in [1.29, 1.82) is 0 Å². The molecule has 1 aliphatic heterocycles. The third kappa shape index (κ3) is 3.83. The lowest BCUT2D eigenvalue weighted by molar-refractivity contribution is -0.132. The first kappa shape index (κ1) is 21.2. The van der Waals surface area contributed by atoms with E-state index in [0.717, 1.165) is 0 Å². The number of carbonyl (C=O) groups is 2. The van der Waals surface area contributed by atoms with Gasteiger partial charge < -0.3 is 14.6 Å². The second-order valence-electron chi connectivity index (χ2n) is 7.24. The number of aliphatic hydroxyl groups excluding tert-OH is 1. The van der Waals surface area contributed by atoms with Crippen LogP contribution in [-0.2, 0) is 9.59 Å². The summed E-state index contributed by atoms with van der Waals surface area (Å²) in [5, 5.41) is 11.2. The van der Waals surface area contributed by atoms with E-state index >= 15 is 0 Å². The van der Waals surface area contributed by atoms with Crippen molar-refractivity contribution in [3.05, 3.63) is 95.6 Å². The largest absolute Gasteiger partial charge is 0.507 e. The molecule has 1 fully saturated rings. The van der Waals surface area contributed by atoms with Gasteiger partial charge in [-0.15, -0.1) is 0 Å². The van der Waals surface area contributed by atoms with Crippen molar-refractivity contribution < 1.29 is 24.2 Å². The molecule has 0 bridgehead atoms. The number of amides is 1. The molecule has 1 saturated heterocycles. The Morgan fingerprint density at radius 2 is 1.66 bits per heavy atom. The molecule has 0 saturated carbocycles. The zero-order chi connectivity index (χ0) is 22.7. The Balaban J connectivity index is 1.93. The van der Waals surface area contributed by atoms with Crippen molar-refractivity contribution in [3.8, 4) is 11.5 Å². The van der Waals surface area contributed by atoms with Gasteiger partial charge in [0.15, 0.2) is 0 Å². The molecule has 1 heterocycles. The fraction of sp³-hybridized carbons (Fsp3) is 0.154. The van der Waals surface area contributed by atoms with Crippen LogP contribution in [0.5, 0.6) is 11.5 Å². The van der Waals surface area contributed by atoms with E-state index in [2.05, 4.69) is 0 Å². The number of ether oxygens (including phenoxy) is 2. The van der Waals surface area contributed by atoms with E-state index < -0.39 is 17.7 Å². The van der Waals surface area contributed by atoms with Crippen LogP contribution in [0, 0.1) is 0 Å². The van der Waals surface area contributed by atoms with E-state index in [9.17, 15) is 14.7 Å². The Morgan fingerprint density at radius 1 is 0.938 bits per heavy atom. The molecule has 1 atom stereocenters. The highest BCUT2D eigenvalue weighted by Gasteiger charge is 2.47. The number of anilines is 1. The lowest BCUT2D eigenvalue weighted by atomic mass is 9.95. The third-order valence-electron chi connectivity index (χ3n) is 5.31. The minimum Gasteiger partial charge on any atom is -0.507 e. The molecule has 0 spiro atoms. The third-order valence-corrected chi connectivity index (χ3v) is 5.31. The second-order valence-corrected chi connectivity index (χ2v) is 7.24. The fourth-order valence-electron chi connectivity index (χ4n) is 3.87. The second kappa shape index (κ2) is 8.98. The van der Waals surface area contributed by atoms with Gasteiger partial charge in [-0.1, -0.05) is 42.5 Å². The molecule has 1 unspecified atom stereocenters. The summed E-state index contributed by atoms with van der Waals surface area (Å²) in [6.45, 7) is 2.36. The number of nitrogens with zero attached hydrogens (tertiary/aromatic N) is 1. The number of methoxy groups -OCH3 is 1. The first-order valence-corrected chi connectivity index (χ1v) is 10.3. The van der Waals surface area contributed by atoms with Crippen LogP contribution in [0.3, 0.4) is 0 Å². The van der Waals surface area contributed by atoms with E-state index in [-0.39, 0.29) is 11.3 Å². The minimum atomic E-state index is -0.816. The molecule has 3 aromatic rings. The summed E-state index contributed by atoms with van der Waals surface area (Å²) >= 11 is 0. The summed E-state index contributed by atoms with van der Waals surface area (Å²) in [6.07, 6.45) is 0. The standard InChI is InChI=1S/C26H23NO5/c1-3-32-21-14-7-9-17(15-21)23-22(24(28)18-10-8-13-20(16-18)31-2)25(29)26(30)27(23)19-11-5-4-6-12-19/h4-16,23,28H,3H2,1-2H3/b24-22-. The molecular formula is C26H23NO5. The molecule has 0 aliphatic carbocycles. The number of Topliss-reactive ketones (excluding diaryl/α,β-unsaturated/α-hetero) is 1. The van der Waals surface area contributed by atoms with Gasteiger partial charge in [0.2, 0.25) is 0 Å². The van der Waals surface area contributed by atoms with Crippen molar-refractivity contribution in [2.24, 2.45) is 0 Å². The number of hydrogen-bond donors (Lipinski definition) is 1. The molecule has 162 valence electrons. The number of para-hydroxylation sites is 1. The van der Waals surface area contributed by atoms with Gasteiger partial charge in [-0.3, -0.25) is 14.5 Å². The Hall–Kier alpha value is -4.06. The van der Waals surface area contributed by atoms with Crippen LogP contribution < -0.4 is 14.4 Å². The Bertz CT molecular complexity index is 1190. The maximum Gasteiger partial charge on any atom is 0.300 e. The average Bonchev–Trinajstić information content (AvgIpc) is 3.10. The van der Waals surface area contributed by atoms with Gasteiger partial charge in [-0.25, -0.2) is 0 Å². The maximum atomic E-state index is 13.2. The van der Waals surface area contributed by atoms with Crippen molar-refractivity contribution in [3.63, 3.8) is 0 Å². The first-order valence-electron chi connectivity index (χ1n) is 10.3. The smallest absolute Gasteiger partial charge is 0.300 e. The van der Waals surface area contributed by atoms with Crippen molar-refractivity contribution in [2.45, 2.75) is 13.0 Å². The zero-order valence-electron chi connectivity index (χ0n) is 17.8. The van der Waals surface area contributed by atoms with Gasteiger partial charge in [0.05, 0.1) is 25.3 Å². The van der Waals surface area contributed by atoms with Crippen LogP contribution in [0.15, 0.2) is 84.4 Å². The molecule has 1 N–H and O–H groups in total. The van der Waals surface area contributed by atoms with Crippen LogP contribution in [0.1, 0.15) is 24.1 Å². The number of ketones is 1. The summed E-state index contributed by atoms with van der Waals surface area (Å²) in [4.78, 5) is 27.7. The lowest BCUT2D eigenvalue weighted by Gasteiger charge is -2.25. The van der Waals surface area contributed by atoms with Gasteiger partial charge in [-0.2, -0.15) is 0 Å². The lowest BCUT2D eigenvalue weighted by Crippen LogP contribution is -2.29. The van der Waals surface area contributed by atoms with Crippen LogP contribution in [0.4, 0.5) is 5.69 Å². The van der Waals surface area contributed by atoms with Crippen molar-refractivity contribution in [2.75, 3.05) is 18.6 Å². The molecule has 3 aromatic carbocycles. The van der Waals surface area contributed by atoms with E-state index in [0.29, 0.717) is 34.9 Å². The Kier molecular flexibility index (Phi) is 5.94. The number of hydrogen-bond acceptors (Lipinski definition) is 5. The maximum absolute atomic E-state index is 13.2. The Labute approximate surface area is 186 Å². The van der Waals surface area contributed by atoms with E-state index in [4.69, 9.17) is 9.47 Å². The van der Waals surface area contributed by atoms with Gasteiger partial charge in [0.1, 0.15) is 17.3 Å². The fourth-order valence-corrected chi connectivity index (χ4v) is 3.87. The predicted molar refractivity (Wildman–Crippen MR) is 122 cm³/mol. The predicted octanol–water partition coefficient (Wildman–Crippen LogP) is 4.72. The van der Waals surface area contributed by atoms with Crippen LogP contribution in [-0.4, -0.2) is 30.5 Å². The molecule has 6 nitrogen and oxygen atoms in total. The molecule has 1 amide bonds. The van der Waals surface area contributed by atoms with Crippen LogP contribution in [0.2, 0.25) is 0 Å². The molecule has 4 rings (SSSR count). The summed E-state index contributed by atoms with van der Waals surface area (Å²) < 4.78 is 10.9. The normalized spacial score (nSPS) is 17.4. The number of carbonyl (C=O) groups excluding carboxylic acids is 2. The number of benzene rings is 3. The zero-order valence-corrected chi connectivity index (χ0v) is 17.8. The molecular weight excluding hydrogens is 406 g/mol. The highest BCUT2D eigenvalue weighted by molar-refractivity contribution is 6.51. The topological polar surface area (TPSA) is 76.1 Å². The summed E-state index contributed by atoms with van der Waals surface area (Å²) in [6, 6.07) is 22.1. The van der Waals surface area contributed by atoms with Gasteiger partial charge >= 0.3 is 0 Å². The number of rotatable bonds is 6. The Morgan fingerprint density at radius 3 is 2.38 bits per heavy atom. The van der Waals surface area contributed by atoms with Gasteiger partial charge in [-0.05, 0) is 48.9 Å². The summed E-state index contributed by atoms with van der Waals surface area (Å²) in [5.41, 5.74) is 1.62. The number of aliphatic hydroxyl groups is 1. The van der Waals surface area contributed by atoms with E-state index in [1.54, 1.807) is 60.7 Å². The van der Waals surface area contributed by atoms with Gasteiger partial charge in [0, 0.05) is 11.3 Å².